The highest BCUT2D eigenvalue weighted by Crippen LogP contribution is 2.19. The molecule has 5 nitrogen and oxygen atoms in total. The summed E-state index contributed by atoms with van der Waals surface area (Å²) in [6.45, 7) is 5.76. The number of rotatable bonds is 6. The fourth-order valence-electron chi connectivity index (χ4n) is 2.83. The third-order valence-electron chi connectivity index (χ3n) is 3.93. The van der Waals surface area contributed by atoms with Gasteiger partial charge in [0, 0.05) is 25.7 Å². The molecule has 0 spiro atoms. The Labute approximate surface area is 121 Å². The average molecular weight is 278 g/mol. The largest absolute Gasteiger partial charge is 0.354 e. The summed E-state index contributed by atoms with van der Waals surface area (Å²) in [4.78, 5) is 14.2. The maximum atomic E-state index is 11.8. The smallest absolute Gasteiger partial charge is 0.220 e. The van der Waals surface area contributed by atoms with Gasteiger partial charge in [0.1, 0.15) is 0 Å². The van der Waals surface area contributed by atoms with Crippen LogP contribution >= 0.6 is 0 Å². The first kappa shape index (κ1) is 15.0. The van der Waals surface area contributed by atoms with Crippen molar-refractivity contribution in [1.82, 2.24) is 20.0 Å². The minimum Gasteiger partial charge on any atom is -0.354 e. The van der Waals surface area contributed by atoms with Crippen LogP contribution in [-0.2, 0) is 11.3 Å². The van der Waals surface area contributed by atoms with Crippen LogP contribution in [0.25, 0.3) is 0 Å². The molecule has 1 aliphatic heterocycles. The minimum atomic E-state index is 0.169. The van der Waals surface area contributed by atoms with E-state index in [4.69, 9.17) is 0 Å². The molecule has 20 heavy (non-hydrogen) atoms. The first-order valence-corrected chi connectivity index (χ1v) is 7.58. The summed E-state index contributed by atoms with van der Waals surface area (Å²) >= 11 is 0. The summed E-state index contributed by atoms with van der Waals surface area (Å²) in [5, 5.41) is 7.18. The van der Waals surface area contributed by atoms with E-state index in [1.54, 1.807) is 0 Å². The van der Waals surface area contributed by atoms with Gasteiger partial charge in [0.05, 0.1) is 12.7 Å². The lowest BCUT2D eigenvalue weighted by atomic mass is 9.93. The van der Waals surface area contributed by atoms with Crippen LogP contribution < -0.4 is 5.32 Å². The molecule has 1 fully saturated rings. The second kappa shape index (κ2) is 7.43. The van der Waals surface area contributed by atoms with Gasteiger partial charge in [-0.05, 0) is 51.3 Å². The number of hydrogen-bond donors (Lipinski definition) is 1. The molecule has 1 N–H and O–H groups in total. The van der Waals surface area contributed by atoms with E-state index in [9.17, 15) is 4.79 Å². The van der Waals surface area contributed by atoms with E-state index >= 15 is 0 Å². The average Bonchev–Trinajstić information content (AvgIpc) is 2.82. The monoisotopic (exact) mass is 278 g/mol. The molecule has 1 saturated heterocycles. The first-order chi connectivity index (χ1) is 9.63. The second-order valence-electron chi connectivity index (χ2n) is 5.94. The third-order valence-corrected chi connectivity index (χ3v) is 3.93. The Bertz CT molecular complexity index is 429. The zero-order valence-electron chi connectivity index (χ0n) is 12.6. The lowest BCUT2D eigenvalue weighted by molar-refractivity contribution is -0.121. The second-order valence-corrected chi connectivity index (χ2v) is 5.94. The summed E-state index contributed by atoms with van der Waals surface area (Å²) in [6.07, 6.45) is 8.02. The maximum absolute atomic E-state index is 11.8. The van der Waals surface area contributed by atoms with Crippen molar-refractivity contribution in [2.45, 2.75) is 39.2 Å². The number of nitrogens with zero attached hydrogens (tertiary/aromatic N) is 3. The van der Waals surface area contributed by atoms with Gasteiger partial charge in [-0.3, -0.25) is 9.48 Å². The summed E-state index contributed by atoms with van der Waals surface area (Å²) < 4.78 is 1.87. The van der Waals surface area contributed by atoms with Gasteiger partial charge < -0.3 is 10.2 Å². The Balaban J connectivity index is 1.58. The van der Waals surface area contributed by atoms with Crippen LogP contribution in [0.1, 0.15) is 31.2 Å². The van der Waals surface area contributed by atoms with Crippen molar-refractivity contribution in [3.63, 3.8) is 0 Å². The molecule has 1 atom stereocenters. The van der Waals surface area contributed by atoms with Crippen molar-refractivity contribution in [2.24, 2.45) is 5.92 Å². The number of nitrogens with one attached hydrogen (secondary N) is 1. The van der Waals surface area contributed by atoms with Gasteiger partial charge in [0.25, 0.3) is 0 Å². The molecule has 1 aliphatic rings. The Morgan fingerprint density at radius 1 is 1.55 bits per heavy atom. The molecule has 0 aliphatic carbocycles. The van der Waals surface area contributed by atoms with Gasteiger partial charge >= 0.3 is 0 Å². The molecular formula is C15H26N4O. The van der Waals surface area contributed by atoms with Gasteiger partial charge in [-0.15, -0.1) is 0 Å². The topological polar surface area (TPSA) is 50.2 Å². The van der Waals surface area contributed by atoms with Gasteiger partial charge in [-0.1, -0.05) is 0 Å². The van der Waals surface area contributed by atoms with Crippen LogP contribution in [0.2, 0.25) is 0 Å². The van der Waals surface area contributed by atoms with Crippen molar-refractivity contribution in [3.8, 4) is 0 Å². The van der Waals surface area contributed by atoms with Crippen LogP contribution in [0.4, 0.5) is 0 Å². The molecule has 2 heterocycles. The first-order valence-electron chi connectivity index (χ1n) is 7.58. The normalized spacial score (nSPS) is 20.0. The predicted molar refractivity (Wildman–Crippen MR) is 79.4 cm³/mol. The summed E-state index contributed by atoms with van der Waals surface area (Å²) in [7, 11) is 2.16. The number of carbonyl (C=O) groups excluding carboxylic acids is 1. The fraction of sp³-hybridized carbons (Fsp3) is 0.733. The lowest BCUT2D eigenvalue weighted by Crippen LogP contribution is -2.33. The zero-order chi connectivity index (χ0) is 14.4. The Morgan fingerprint density at radius 2 is 2.40 bits per heavy atom. The molecule has 112 valence electrons. The Morgan fingerprint density at radius 3 is 3.10 bits per heavy atom. The molecule has 2 rings (SSSR count). The van der Waals surface area contributed by atoms with E-state index < -0.39 is 0 Å². The van der Waals surface area contributed by atoms with Crippen molar-refractivity contribution in [2.75, 3.05) is 26.7 Å². The molecule has 0 saturated carbocycles. The van der Waals surface area contributed by atoms with Crippen LogP contribution in [0.15, 0.2) is 12.4 Å². The minimum absolute atomic E-state index is 0.169. The van der Waals surface area contributed by atoms with E-state index in [-0.39, 0.29) is 5.91 Å². The van der Waals surface area contributed by atoms with E-state index in [0.717, 1.165) is 25.1 Å². The number of aromatic nitrogens is 2. The van der Waals surface area contributed by atoms with Crippen LogP contribution in [0, 0.1) is 12.8 Å². The van der Waals surface area contributed by atoms with E-state index in [2.05, 4.69) is 22.4 Å². The predicted octanol–water partition coefficient (Wildman–Crippen LogP) is 1.43. The SMILES string of the molecule is Cc1cnn(CCNC(=O)CCC2CCCN(C)C2)c1. The molecule has 1 unspecified atom stereocenters. The zero-order valence-corrected chi connectivity index (χ0v) is 12.6. The number of piperidine rings is 1. The number of likely N-dealkylation sites (tertiary alicyclic amines) is 1. The van der Waals surface area contributed by atoms with Crippen molar-refractivity contribution < 1.29 is 4.79 Å². The van der Waals surface area contributed by atoms with Crippen LogP contribution in [0.5, 0.6) is 0 Å². The van der Waals surface area contributed by atoms with Gasteiger partial charge in [-0.2, -0.15) is 5.10 Å². The number of aryl methyl sites for hydroxylation is 1. The van der Waals surface area contributed by atoms with Gasteiger partial charge in [-0.25, -0.2) is 0 Å². The fourth-order valence-corrected chi connectivity index (χ4v) is 2.83. The standard InChI is InChI=1S/C15H26N4O/c1-13-10-17-19(11-13)9-7-16-15(20)6-5-14-4-3-8-18(2)12-14/h10-11,14H,3-9,12H2,1-2H3,(H,16,20). The molecule has 0 radical (unpaired) electrons. The third kappa shape index (κ3) is 4.96. The van der Waals surface area contributed by atoms with Crippen molar-refractivity contribution in [3.05, 3.63) is 18.0 Å². The highest BCUT2D eigenvalue weighted by Gasteiger charge is 2.17. The molecule has 1 aromatic heterocycles. The lowest BCUT2D eigenvalue weighted by Gasteiger charge is -2.29. The summed E-state index contributed by atoms with van der Waals surface area (Å²) in [6, 6.07) is 0. The van der Waals surface area contributed by atoms with E-state index in [0.29, 0.717) is 18.9 Å². The quantitative estimate of drug-likeness (QED) is 0.856. The van der Waals surface area contributed by atoms with E-state index in [1.807, 2.05) is 24.0 Å². The molecule has 1 amide bonds. The number of carbonyl (C=O) groups is 1. The molecular weight excluding hydrogens is 252 g/mol. The molecule has 0 aromatic carbocycles. The summed E-state index contributed by atoms with van der Waals surface area (Å²) in [5.74, 6) is 0.857. The van der Waals surface area contributed by atoms with Crippen molar-refractivity contribution in [1.29, 1.82) is 0 Å². The molecule has 5 heteroatoms. The Hall–Kier alpha value is -1.36. The molecule has 0 bridgehead atoms. The Kier molecular flexibility index (Phi) is 5.59. The van der Waals surface area contributed by atoms with Crippen LogP contribution in [-0.4, -0.2) is 47.3 Å². The summed E-state index contributed by atoms with van der Waals surface area (Å²) in [5.41, 5.74) is 1.15. The number of amides is 1. The highest BCUT2D eigenvalue weighted by atomic mass is 16.1. The molecule has 1 aromatic rings. The van der Waals surface area contributed by atoms with Gasteiger partial charge in [0.2, 0.25) is 5.91 Å². The maximum Gasteiger partial charge on any atom is 0.220 e. The van der Waals surface area contributed by atoms with Gasteiger partial charge in [0.15, 0.2) is 0 Å². The highest BCUT2D eigenvalue weighted by molar-refractivity contribution is 5.75. The van der Waals surface area contributed by atoms with Crippen LogP contribution in [0.3, 0.4) is 0 Å². The van der Waals surface area contributed by atoms with E-state index in [1.165, 1.54) is 19.4 Å². The number of hydrogen-bond acceptors (Lipinski definition) is 3. The van der Waals surface area contributed by atoms with Crippen molar-refractivity contribution >= 4 is 5.91 Å².